The van der Waals surface area contributed by atoms with E-state index in [9.17, 15) is 8.42 Å². The zero-order valence-electron chi connectivity index (χ0n) is 10.7. The summed E-state index contributed by atoms with van der Waals surface area (Å²) in [6, 6.07) is 8.18. The third-order valence-corrected chi connectivity index (χ3v) is 7.74. The van der Waals surface area contributed by atoms with Crippen LogP contribution in [-0.2, 0) is 14.6 Å². The van der Waals surface area contributed by atoms with Gasteiger partial charge in [0.1, 0.15) is 0 Å². The minimum atomic E-state index is -3.12. The van der Waals surface area contributed by atoms with Crippen molar-refractivity contribution in [3.63, 3.8) is 0 Å². The molecule has 4 heteroatoms. The number of hydrogen-bond donors (Lipinski definition) is 0. The highest BCUT2D eigenvalue weighted by Gasteiger charge is 2.66. The van der Waals surface area contributed by atoms with E-state index in [4.69, 9.17) is 4.74 Å². The summed E-state index contributed by atoms with van der Waals surface area (Å²) in [7, 11) is -3.12. The molecule has 0 radical (unpaired) electrons. The highest BCUT2D eigenvalue weighted by atomic mass is 32.2. The first-order valence-corrected chi connectivity index (χ1v) is 8.62. The average molecular weight is 286 g/mol. The topological polar surface area (TPSA) is 43.4 Å². The molecule has 4 aliphatic heterocycles. The largest absolute Gasteiger partial charge is 0.365 e. The molecule has 6 atom stereocenters. The van der Waals surface area contributed by atoms with Gasteiger partial charge in [0.25, 0.3) is 0 Å². The standard InChI is InChI=1S/C16H14O3S/c17-20(18)11-7-3-4-8-12(20)14-13(11)15-9-5-1-2-6-10(9)16(14)19-15/h1-8,11-16H. The van der Waals surface area contributed by atoms with Crippen LogP contribution in [0.3, 0.4) is 0 Å². The molecule has 0 amide bonds. The van der Waals surface area contributed by atoms with Crippen LogP contribution in [0.1, 0.15) is 23.3 Å². The van der Waals surface area contributed by atoms with Gasteiger partial charge in [-0.1, -0.05) is 48.6 Å². The summed E-state index contributed by atoms with van der Waals surface area (Å²) in [5.74, 6) is 0.150. The Morgan fingerprint density at radius 1 is 0.850 bits per heavy atom. The summed E-state index contributed by atoms with van der Waals surface area (Å²) >= 11 is 0. The summed E-state index contributed by atoms with van der Waals surface area (Å²) in [4.78, 5) is 0. The lowest BCUT2D eigenvalue weighted by atomic mass is 9.72. The summed E-state index contributed by atoms with van der Waals surface area (Å²) in [6.07, 6.45) is 7.34. The van der Waals surface area contributed by atoms with E-state index in [0.717, 1.165) is 0 Å². The van der Waals surface area contributed by atoms with E-state index in [0.29, 0.717) is 0 Å². The molecule has 20 heavy (non-hydrogen) atoms. The van der Waals surface area contributed by atoms with Crippen molar-refractivity contribution in [3.8, 4) is 0 Å². The Bertz CT molecular complexity index is 705. The highest BCUT2D eigenvalue weighted by molar-refractivity contribution is 7.93. The number of hydrogen-bond acceptors (Lipinski definition) is 3. The highest BCUT2D eigenvalue weighted by Crippen LogP contribution is 2.64. The zero-order chi connectivity index (χ0) is 13.5. The zero-order valence-corrected chi connectivity index (χ0v) is 11.5. The van der Waals surface area contributed by atoms with E-state index >= 15 is 0 Å². The summed E-state index contributed by atoms with van der Waals surface area (Å²) in [5.41, 5.74) is 2.38. The van der Waals surface area contributed by atoms with Crippen molar-refractivity contribution < 1.29 is 13.2 Å². The van der Waals surface area contributed by atoms with Crippen molar-refractivity contribution in [2.75, 3.05) is 0 Å². The van der Waals surface area contributed by atoms with Crippen LogP contribution in [0.15, 0.2) is 48.6 Å². The Hall–Kier alpha value is -1.39. The Kier molecular flexibility index (Phi) is 1.94. The molecule has 1 aromatic carbocycles. The maximum Gasteiger partial charge on any atom is 0.163 e. The van der Waals surface area contributed by atoms with Gasteiger partial charge in [0.15, 0.2) is 9.84 Å². The Morgan fingerprint density at radius 2 is 1.35 bits per heavy atom. The fourth-order valence-electron chi connectivity index (χ4n) is 4.56. The molecule has 2 fully saturated rings. The maximum atomic E-state index is 12.7. The van der Waals surface area contributed by atoms with Crippen LogP contribution in [0.4, 0.5) is 0 Å². The van der Waals surface area contributed by atoms with E-state index in [1.807, 2.05) is 36.4 Å². The third kappa shape index (κ3) is 1.10. The molecular weight excluding hydrogens is 272 g/mol. The van der Waals surface area contributed by atoms with Gasteiger partial charge >= 0.3 is 0 Å². The summed E-state index contributed by atoms with van der Waals surface area (Å²) < 4.78 is 31.6. The minimum absolute atomic E-state index is 0.0536. The third-order valence-electron chi connectivity index (χ3n) is 5.28. The molecule has 1 aromatic rings. The van der Waals surface area contributed by atoms with Crippen molar-refractivity contribution >= 4 is 9.84 Å². The second kappa shape index (κ2) is 3.43. The second-order valence-electron chi connectivity index (χ2n) is 6.05. The normalized spacial score (nSPS) is 45.2. The predicted molar refractivity (Wildman–Crippen MR) is 74.8 cm³/mol. The van der Waals surface area contributed by atoms with Gasteiger partial charge in [0.2, 0.25) is 0 Å². The van der Waals surface area contributed by atoms with Gasteiger partial charge < -0.3 is 4.74 Å². The molecule has 0 N–H and O–H groups in total. The van der Waals surface area contributed by atoms with Crippen LogP contribution in [-0.4, -0.2) is 18.9 Å². The monoisotopic (exact) mass is 286 g/mol. The molecule has 4 aliphatic rings. The molecule has 3 nitrogen and oxygen atoms in total. The van der Waals surface area contributed by atoms with E-state index in [1.54, 1.807) is 0 Å². The number of rotatable bonds is 0. The smallest absolute Gasteiger partial charge is 0.163 e. The molecule has 4 bridgehead atoms. The first kappa shape index (κ1) is 11.3. The second-order valence-corrected chi connectivity index (χ2v) is 8.32. The van der Waals surface area contributed by atoms with Crippen molar-refractivity contribution in [2.24, 2.45) is 11.8 Å². The molecule has 4 heterocycles. The van der Waals surface area contributed by atoms with E-state index < -0.39 is 20.3 Å². The van der Waals surface area contributed by atoms with E-state index in [2.05, 4.69) is 12.1 Å². The van der Waals surface area contributed by atoms with Crippen molar-refractivity contribution in [3.05, 3.63) is 59.7 Å². The Labute approximate surface area is 117 Å². The molecule has 6 unspecified atom stereocenters. The van der Waals surface area contributed by atoms with Crippen LogP contribution in [0.25, 0.3) is 0 Å². The van der Waals surface area contributed by atoms with Gasteiger partial charge in [-0.2, -0.15) is 0 Å². The first-order valence-electron chi connectivity index (χ1n) is 7.01. The molecule has 5 rings (SSSR count). The van der Waals surface area contributed by atoms with Crippen LogP contribution in [0, 0.1) is 11.8 Å². The van der Waals surface area contributed by atoms with Crippen LogP contribution in [0.2, 0.25) is 0 Å². The number of benzene rings is 1. The van der Waals surface area contributed by atoms with Gasteiger partial charge in [-0.15, -0.1) is 0 Å². The molecule has 0 spiro atoms. The van der Waals surface area contributed by atoms with Gasteiger partial charge in [0.05, 0.1) is 22.7 Å². The van der Waals surface area contributed by atoms with Crippen molar-refractivity contribution in [2.45, 2.75) is 22.7 Å². The molecule has 2 saturated heterocycles. The molecule has 0 aliphatic carbocycles. The fraction of sp³-hybridized carbons (Fsp3) is 0.375. The van der Waals surface area contributed by atoms with Gasteiger partial charge in [-0.05, 0) is 11.1 Å². The lowest BCUT2D eigenvalue weighted by Gasteiger charge is -2.26. The molecule has 0 saturated carbocycles. The predicted octanol–water partition coefficient (Wildman–Crippen LogP) is 2.34. The Balaban J connectivity index is 1.75. The molecular formula is C16H14O3S. The van der Waals surface area contributed by atoms with E-state index in [-0.39, 0.29) is 24.0 Å². The summed E-state index contributed by atoms with van der Waals surface area (Å²) in [5, 5.41) is -0.785. The number of allylic oxidation sites excluding steroid dienone is 2. The summed E-state index contributed by atoms with van der Waals surface area (Å²) in [6.45, 7) is 0. The minimum Gasteiger partial charge on any atom is -0.365 e. The van der Waals surface area contributed by atoms with Gasteiger partial charge in [0, 0.05) is 11.8 Å². The number of ether oxygens (including phenoxy) is 1. The van der Waals surface area contributed by atoms with Crippen LogP contribution >= 0.6 is 0 Å². The quantitative estimate of drug-likeness (QED) is 0.735. The van der Waals surface area contributed by atoms with Crippen molar-refractivity contribution in [1.82, 2.24) is 0 Å². The molecule has 102 valence electrons. The lowest BCUT2D eigenvalue weighted by Crippen LogP contribution is -2.26. The maximum absolute atomic E-state index is 12.7. The fourth-order valence-corrected chi connectivity index (χ4v) is 7.07. The van der Waals surface area contributed by atoms with Crippen molar-refractivity contribution in [1.29, 1.82) is 0 Å². The molecule has 0 aromatic heterocycles. The SMILES string of the molecule is O=S1(=O)C2C=CC=CC1C1C3OC(c4ccccc43)C12. The number of sulfone groups is 1. The number of fused-ring (bicyclic) bond motifs is 12. The average Bonchev–Trinajstić information content (AvgIpc) is 2.97. The van der Waals surface area contributed by atoms with Crippen LogP contribution in [0.5, 0.6) is 0 Å². The van der Waals surface area contributed by atoms with E-state index in [1.165, 1.54) is 11.1 Å². The van der Waals surface area contributed by atoms with Gasteiger partial charge in [-0.3, -0.25) is 0 Å². The Morgan fingerprint density at radius 3 is 1.85 bits per heavy atom. The van der Waals surface area contributed by atoms with Gasteiger partial charge in [-0.25, -0.2) is 8.42 Å². The van der Waals surface area contributed by atoms with Crippen LogP contribution < -0.4 is 0 Å². The lowest BCUT2D eigenvalue weighted by molar-refractivity contribution is 0.0533. The first-order chi connectivity index (χ1) is 9.69.